The molecule has 7 nitrogen and oxygen atoms in total. The summed E-state index contributed by atoms with van der Waals surface area (Å²) in [4.78, 5) is 32.4. The van der Waals surface area contributed by atoms with Crippen LogP contribution in [0.3, 0.4) is 0 Å². The Kier molecular flexibility index (Phi) is 6.90. The fourth-order valence-electron chi connectivity index (χ4n) is 5.68. The van der Waals surface area contributed by atoms with Crippen LogP contribution in [0.25, 0.3) is 11.4 Å². The van der Waals surface area contributed by atoms with Crippen molar-refractivity contribution in [2.45, 2.75) is 38.9 Å². The van der Waals surface area contributed by atoms with Crippen molar-refractivity contribution in [3.05, 3.63) is 106 Å². The molecule has 1 N–H and O–H groups in total. The van der Waals surface area contributed by atoms with Gasteiger partial charge in [0.1, 0.15) is 17.5 Å². The first-order valence-corrected chi connectivity index (χ1v) is 13.7. The van der Waals surface area contributed by atoms with Crippen molar-refractivity contribution >= 4 is 29.4 Å². The van der Waals surface area contributed by atoms with Crippen molar-refractivity contribution in [1.82, 2.24) is 19.8 Å². The lowest BCUT2D eigenvalue weighted by Crippen LogP contribution is -2.50. The van der Waals surface area contributed by atoms with Crippen LogP contribution in [0.1, 0.15) is 47.1 Å². The second-order valence-corrected chi connectivity index (χ2v) is 10.9. The van der Waals surface area contributed by atoms with Crippen LogP contribution >= 0.6 is 11.6 Å². The summed E-state index contributed by atoms with van der Waals surface area (Å²) in [5, 5.41) is 2.81. The number of nitrogens with zero attached hydrogens (tertiary/aromatic N) is 4. The second-order valence-electron chi connectivity index (χ2n) is 10.5. The van der Waals surface area contributed by atoms with Crippen molar-refractivity contribution in [1.29, 1.82) is 0 Å². The molecular weight excluding hydrogens is 529 g/mol. The van der Waals surface area contributed by atoms with E-state index in [4.69, 9.17) is 11.6 Å². The molecule has 0 bridgehead atoms. The zero-order chi connectivity index (χ0) is 28.0. The lowest BCUT2D eigenvalue weighted by atomic mass is 9.92. The number of imidazole rings is 1. The fourth-order valence-corrected chi connectivity index (χ4v) is 6.01. The molecule has 3 amide bonds. The van der Waals surface area contributed by atoms with Crippen molar-refractivity contribution in [2.24, 2.45) is 7.05 Å². The van der Waals surface area contributed by atoms with Crippen LogP contribution in [-0.4, -0.2) is 32.9 Å². The molecule has 3 aromatic carbocycles. The number of halogens is 2. The van der Waals surface area contributed by atoms with E-state index < -0.39 is 6.03 Å². The quantitative estimate of drug-likeness (QED) is 0.316. The Morgan fingerprint density at radius 2 is 1.82 bits per heavy atom. The van der Waals surface area contributed by atoms with Crippen LogP contribution < -0.4 is 10.2 Å². The van der Waals surface area contributed by atoms with E-state index in [1.807, 2.05) is 18.5 Å². The van der Waals surface area contributed by atoms with Crippen molar-refractivity contribution in [2.75, 3.05) is 11.4 Å². The number of imide groups is 1. The number of nitrogens with one attached hydrogen (secondary N) is 1. The average Bonchev–Trinajstić information content (AvgIpc) is 3.51. The van der Waals surface area contributed by atoms with Gasteiger partial charge < -0.3 is 4.57 Å². The highest BCUT2D eigenvalue weighted by molar-refractivity contribution is 6.31. The van der Waals surface area contributed by atoms with Crippen LogP contribution in [0.2, 0.25) is 5.02 Å². The SMILES string of the molecule is C[C@H](c1ccc(CN2Cc3ccc(-c4ncc(N5CCC(=O)NC5=O)n4C)cc3C2)cc1)c1c(F)cccc1Cl. The maximum atomic E-state index is 14.4. The van der Waals surface area contributed by atoms with Crippen LogP contribution in [0.15, 0.2) is 66.9 Å². The van der Waals surface area contributed by atoms with E-state index in [1.165, 1.54) is 22.8 Å². The first kappa shape index (κ1) is 26.2. The number of hydrogen-bond acceptors (Lipinski definition) is 4. The monoisotopic (exact) mass is 557 g/mol. The molecular formula is C31H29ClFN5O2. The van der Waals surface area contributed by atoms with E-state index in [0.717, 1.165) is 36.6 Å². The van der Waals surface area contributed by atoms with Crippen LogP contribution in [0.4, 0.5) is 15.0 Å². The number of urea groups is 1. The molecule has 2 aliphatic rings. The molecule has 4 aromatic rings. The second kappa shape index (κ2) is 10.5. The van der Waals surface area contributed by atoms with Gasteiger partial charge in [-0.05, 0) is 40.5 Å². The van der Waals surface area contributed by atoms with Crippen molar-refractivity contribution in [3.63, 3.8) is 0 Å². The van der Waals surface area contributed by atoms with Gasteiger partial charge in [0.15, 0.2) is 0 Å². The number of anilines is 1. The van der Waals surface area contributed by atoms with Gasteiger partial charge in [0.2, 0.25) is 5.91 Å². The molecule has 1 aromatic heterocycles. The van der Waals surface area contributed by atoms with Gasteiger partial charge in [-0.2, -0.15) is 0 Å². The number of fused-ring (bicyclic) bond motifs is 1. The van der Waals surface area contributed by atoms with Crippen molar-refractivity contribution < 1.29 is 14.0 Å². The molecule has 204 valence electrons. The third-order valence-corrected chi connectivity index (χ3v) is 8.19. The molecule has 0 saturated carbocycles. The van der Waals surface area contributed by atoms with Crippen LogP contribution in [0.5, 0.6) is 0 Å². The van der Waals surface area contributed by atoms with E-state index >= 15 is 0 Å². The first-order chi connectivity index (χ1) is 19.3. The van der Waals surface area contributed by atoms with Crippen LogP contribution in [-0.2, 0) is 31.5 Å². The maximum absolute atomic E-state index is 14.4. The first-order valence-electron chi connectivity index (χ1n) is 13.3. The summed E-state index contributed by atoms with van der Waals surface area (Å²) in [5.41, 5.74) is 6.25. The molecule has 2 aliphatic heterocycles. The summed E-state index contributed by atoms with van der Waals surface area (Å²) < 4.78 is 16.3. The average molecular weight is 558 g/mol. The highest BCUT2D eigenvalue weighted by atomic mass is 35.5. The molecule has 1 atom stereocenters. The van der Waals surface area contributed by atoms with Gasteiger partial charge in [0, 0.05) is 61.7 Å². The third kappa shape index (κ3) is 4.89. The summed E-state index contributed by atoms with van der Waals surface area (Å²) in [6, 6.07) is 19.1. The van der Waals surface area contributed by atoms with Gasteiger partial charge in [-0.25, -0.2) is 14.2 Å². The fraction of sp³-hybridized carbons (Fsp3) is 0.258. The summed E-state index contributed by atoms with van der Waals surface area (Å²) in [6.07, 6.45) is 1.94. The number of rotatable bonds is 6. The lowest BCUT2D eigenvalue weighted by Gasteiger charge is -2.26. The Bertz CT molecular complexity index is 1600. The van der Waals surface area contributed by atoms with E-state index in [9.17, 15) is 14.0 Å². The molecule has 0 radical (unpaired) electrons. The van der Waals surface area contributed by atoms with Gasteiger partial charge in [0.05, 0.1) is 6.20 Å². The Hall–Kier alpha value is -4.01. The maximum Gasteiger partial charge on any atom is 0.329 e. The third-order valence-electron chi connectivity index (χ3n) is 7.87. The molecule has 9 heteroatoms. The van der Waals surface area contributed by atoms with E-state index in [2.05, 4.69) is 57.7 Å². The van der Waals surface area contributed by atoms with Gasteiger partial charge in [-0.15, -0.1) is 0 Å². The molecule has 0 unspecified atom stereocenters. The predicted molar refractivity (Wildman–Crippen MR) is 152 cm³/mol. The Morgan fingerprint density at radius 3 is 2.58 bits per heavy atom. The number of hydrogen-bond donors (Lipinski definition) is 1. The van der Waals surface area contributed by atoms with E-state index in [-0.39, 0.29) is 24.1 Å². The number of carbonyl (C=O) groups excluding carboxylic acids is 2. The van der Waals surface area contributed by atoms with Gasteiger partial charge in [-0.1, -0.05) is 61.0 Å². The molecule has 40 heavy (non-hydrogen) atoms. The molecule has 1 fully saturated rings. The molecule has 1 saturated heterocycles. The Balaban J connectivity index is 1.14. The summed E-state index contributed by atoms with van der Waals surface area (Å²) in [6.45, 7) is 4.78. The normalized spacial score (nSPS) is 16.2. The summed E-state index contributed by atoms with van der Waals surface area (Å²) in [5.74, 6) is 0.728. The molecule has 0 spiro atoms. The van der Waals surface area contributed by atoms with E-state index in [0.29, 0.717) is 22.9 Å². The molecule has 0 aliphatic carbocycles. The molecule has 6 rings (SSSR count). The van der Waals surface area contributed by atoms with E-state index in [1.54, 1.807) is 23.2 Å². The summed E-state index contributed by atoms with van der Waals surface area (Å²) >= 11 is 6.29. The Labute approximate surface area is 237 Å². The number of carbonyl (C=O) groups is 2. The number of benzene rings is 3. The number of aromatic nitrogens is 2. The van der Waals surface area contributed by atoms with Gasteiger partial charge in [0.25, 0.3) is 0 Å². The van der Waals surface area contributed by atoms with Gasteiger partial charge in [-0.3, -0.25) is 19.9 Å². The van der Waals surface area contributed by atoms with Crippen LogP contribution in [0, 0.1) is 5.82 Å². The zero-order valence-electron chi connectivity index (χ0n) is 22.3. The van der Waals surface area contributed by atoms with Gasteiger partial charge >= 0.3 is 6.03 Å². The number of amides is 3. The zero-order valence-corrected chi connectivity index (χ0v) is 23.1. The minimum atomic E-state index is -0.422. The standard InChI is InChI=1S/C31H29ClFN5O2/c1-19(29-25(32)4-3-5-26(29)33)21-8-6-20(7-9-21)16-37-17-23-11-10-22(14-24(23)18-37)30-34-15-28(36(30)2)38-13-12-27(39)35-31(38)40/h3-11,14-15,19H,12-13,16-18H2,1-2H3,(H,35,39,40)/t19-/m1/s1. The highest BCUT2D eigenvalue weighted by Crippen LogP contribution is 2.33. The predicted octanol–water partition coefficient (Wildman–Crippen LogP) is 5.99. The lowest BCUT2D eigenvalue weighted by molar-refractivity contribution is -0.120. The largest absolute Gasteiger partial charge is 0.329 e. The minimum Gasteiger partial charge on any atom is -0.314 e. The topological polar surface area (TPSA) is 70.5 Å². The smallest absolute Gasteiger partial charge is 0.314 e. The Morgan fingerprint density at radius 1 is 1.05 bits per heavy atom. The van der Waals surface area contributed by atoms with Crippen molar-refractivity contribution in [3.8, 4) is 11.4 Å². The summed E-state index contributed by atoms with van der Waals surface area (Å²) in [7, 11) is 1.88. The highest BCUT2D eigenvalue weighted by Gasteiger charge is 2.28. The molecule has 3 heterocycles. The minimum absolute atomic E-state index is 0.143.